The smallest absolute Gasteiger partial charge is 0.349 e. The Labute approximate surface area is 588 Å². The molecule has 0 saturated carbocycles. The van der Waals surface area contributed by atoms with Crippen LogP contribution in [0, 0.1) is 20.2 Å². The van der Waals surface area contributed by atoms with E-state index in [1.807, 2.05) is 66.4 Å². The van der Waals surface area contributed by atoms with Crippen LogP contribution in [0.15, 0.2) is 239 Å². The van der Waals surface area contributed by atoms with Gasteiger partial charge in [-0.05, 0) is 74.1 Å². The van der Waals surface area contributed by atoms with Gasteiger partial charge in [-0.3, -0.25) is 63.7 Å². The number of nitrogens with two attached hydrogens (primary N) is 5. The monoisotopic (exact) mass is 1400 g/mol. The van der Waals surface area contributed by atoms with Gasteiger partial charge in [-0.2, -0.15) is 0 Å². The molecule has 12 aromatic rings. The summed E-state index contributed by atoms with van der Waals surface area (Å²) < 4.78 is 5.49. The van der Waals surface area contributed by atoms with Gasteiger partial charge in [-0.1, -0.05) is 135 Å². The molecule has 25 heteroatoms. The van der Waals surface area contributed by atoms with Gasteiger partial charge in [0.15, 0.2) is 21.7 Å². The molecule has 0 aliphatic rings. The topological polar surface area (TPSA) is 381 Å². The number of unbranched alkanes of at least 4 members (excludes halogenated alkanes) is 1. The predicted molar refractivity (Wildman–Crippen MR) is 413 cm³/mol. The zero-order chi connectivity index (χ0) is 74.8. The fourth-order valence-corrected chi connectivity index (χ4v) is 11.6. The van der Waals surface area contributed by atoms with E-state index in [2.05, 4.69) is 55.7 Å². The van der Waals surface area contributed by atoms with Crippen molar-refractivity contribution in [3.8, 4) is 5.69 Å². The van der Waals surface area contributed by atoms with E-state index in [9.17, 15) is 58.6 Å². The van der Waals surface area contributed by atoms with E-state index in [0.717, 1.165) is 53.0 Å². The lowest BCUT2D eigenvalue weighted by Gasteiger charge is -2.14. The van der Waals surface area contributed by atoms with E-state index in [1.54, 1.807) is 78.9 Å². The number of nitro benzene ring substituents is 2. The number of hydrogen-bond acceptors (Lipinski definition) is 21. The Kier molecular flexibility index (Phi) is 26.4. The largest absolute Gasteiger partial charge is 0.399 e. The molecule has 2 heterocycles. The van der Waals surface area contributed by atoms with Crippen molar-refractivity contribution >= 4 is 116 Å². The highest BCUT2D eigenvalue weighted by atomic mass is 35.5. The second-order valence-electron chi connectivity index (χ2n) is 23.6. The lowest BCUT2D eigenvalue weighted by molar-refractivity contribution is -0.385. The van der Waals surface area contributed by atoms with Gasteiger partial charge in [-0.25, -0.2) is 14.2 Å². The van der Waals surface area contributed by atoms with Crippen molar-refractivity contribution in [3.63, 3.8) is 0 Å². The van der Waals surface area contributed by atoms with E-state index >= 15 is 0 Å². The molecule has 0 saturated heterocycles. The highest BCUT2D eigenvalue weighted by Crippen LogP contribution is 2.33. The molecule has 24 nitrogen and oxygen atoms in total. The minimum absolute atomic E-state index is 0.0863. The number of halogens is 1. The number of nitrogen functional groups attached to an aromatic ring is 5. The molecule has 0 fully saturated rings. The lowest BCUT2D eigenvalue weighted by atomic mass is 9.97. The molecule has 102 heavy (non-hydrogen) atoms. The van der Waals surface area contributed by atoms with Gasteiger partial charge in [0.05, 0.1) is 70.6 Å². The Balaban J connectivity index is 0.000000188. The molecule has 0 aliphatic heterocycles. The summed E-state index contributed by atoms with van der Waals surface area (Å²) in [4.78, 5) is 129. The SMILES string of the molecule is C=CCCC.C=CCN(C)Cc1cccc(-n2c(=O)c3c(N)c4c(=O)c5ccccc5c(=O)c4c(N)c3c2=O)c1.C=CCN(C)Cc1cccc(N)c1.C=CCN(C)Cc1cccc([N+](=O)[O-])c1.Nc1c2c(=O)oc(=O)c2c(N)c2c(=O)c3ccccc3c(=O)c12.O=[N+]([O-])c1cccc(CCl)c1. The van der Waals surface area contributed by atoms with Gasteiger partial charge >= 0.3 is 11.3 Å². The number of alkyl halides is 1. The molecule has 12 rings (SSSR count). The fraction of sp³-hybridized carbons (Fsp3) is 0.169. The Morgan fingerprint density at radius 2 is 0.775 bits per heavy atom. The quantitative estimate of drug-likeness (QED) is 0.0101. The predicted octanol–water partition coefficient (Wildman–Crippen LogP) is 10.7. The molecule has 10 aromatic carbocycles. The Morgan fingerprint density at radius 3 is 1.11 bits per heavy atom. The maximum absolute atomic E-state index is 13.5. The lowest BCUT2D eigenvalue weighted by Crippen LogP contribution is -2.24. The van der Waals surface area contributed by atoms with Crippen molar-refractivity contribution in [1.29, 1.82) is 0 Å². The molecule has 0 unspecified atom stereocenters. The molecule has 0 amide bonds. The van der Waals surface area contributed by atoms with Crippen LogP contribution in [0.1, 0.15) is 42.0 Å². The molecule has 0 radical (unpaired) electrons. The van der Waals surface area contributed by atoms with E-state index in [-0.39, 0.29) is 104 Å². The molecule has 524 valence electrons. The summed E-state index contributed by atoms with van der Waals surface area (Å²) in [5.74, 6) is 0.307. The summed E-state index contributed by atoms with van der Waals surface area (Å²) in [6, 6.07) is 40.4. The van der Waals surface area contributed by atoms with Crippen molar-refractivity contribution in [2.45, 2.75) is 45.3 Å². The summed E-state index contributed by atoms with van der Waals surface area (Å²) in [5.41, 5.74) is 29.0. The highest BCUT2D eigenvalue weighted by Gasteiger charge is 2.27. The van der Waals surface area contributed by atoms with E-state index in [1.165, 1.54) is 54.4 Å². The molecule has 0 bridgehead atoms. The van der Waals surface area contributed by atoms with Crippen LogP contribution in [0.5, 0.6) is 0 Å². The van der Waals surface area contributed by atoms with Crippen LogP contribution in [-0.4, -0.2) is 69.9 Å². The standard InChI is InChI=1S/C27H22N4O4.C16H8N2O5.C11H14N2O2.C11H16N2.C7H6ClNO2.C5H10/c1-3-11-30(2)13-14-7-6-8-15(12-14)31-26(34)20-21(27(31)35)23(29)19-18(22(20)28)24(32)16-9-4-5-10-17(16)25(19)33;17-11-7-8(12(18)10-9(11)15(21)23-16(10)22)14(20)6-4-2-1-3-5(6)13(7)19;1-3-7-12(2)9-10-5-4-6-11(8-10)13(14)15;1-3-7-13(2)9-10-5-4-6-11(12)8-10;8-5-6-2-1-3-7(4-6)9(10)11;1-3-5-4-2/h3-10,12H,1,11,13,28-29H2,2H3;1-4H,17-18H2;3-6,8H,1,7,9H2,2H3;3-6,8H,1,7,9,12H2,2H3;1-4H,5H2;3H,1,4-5H2,2H3. The van der Waals surface area contributed by atoms with Crippen molar-refractivity contribution in [2.24, 2.45) is 0 Å². The number of anilines is 5. The number of rotatable bonds is 18. The summed E-state index contributed by atoms with van der Waals surface area (Å²) >= 11 is 5.48. The minimum atomic E-state index is -0.976. The van der Waals surface area contributed by atoms with Crippen molar-refractivity contribution in [1.82, 2.24) is 19.3 Å². The minimum Gasteiger partial charge on any atom is -0.399 e. The summed E-state index contributed by atoms with van der Waals surface area (Å²) in [7, 11) is 5.93. The molecule has 0 atom stereocenters. The van der Waals surface area contributed by atoms with Crippen LogP contribution in [0.25, 0.3) is 70.3 Å². The molecular formula is C77H76ClN11O13. The van der Waals surface area contributed by atoms with E-state index < -0.39 is 49.0 Å². The van der Waals surface area contributed by atoms with Crippen LogP contribution in [-0.2, 0) is 25.5 Å². The molecule has 2 aromatic heterocycles. The second kappa shape index (κ2) is 34.9. The number of allylic oxidation sites excluding steroid dienone is 1. The number of benzene rings is 10. The molecule has 10 N–H and O–H groups in total. The Hall–Kier alpha value is -12.4. The van der Waals surface area contributed by atoms with Crippen molar-refractivity contribution < 1.29 is 14.3 Å². The van der Waals surface area contributed by atoms with Gasteiger partial charge in [0.1, 0.15) is 10.8 Å². The van der Waals surface area contributed by atoms with Crippen molar-refractivity contribution in [2.75, 3.05) is 69.4 Å². The van der Waals surface area contributed by atoms with E-state index in [0.29, 0.717) is 31.2 Å². The normalized spacial score (nSPS) is 10.9. The first-order valence-electron chi connectivity index (χ1n) is 31.7. The number of fused-ring (bicyclic) bond motifs is 6. The zero-order valence-corrected chi connectivity index (χ0v) is 57.4. The third-order valence-electron chi connectivity index (χ3n) is 16.0. The molecule has 0 spiro atoms. The van der Waals surface area contributed by atoms with Gasteiger partial charge in [0.2, 0.25) is 0 Å². The average Bonchev–Trinajstić information content (AvgIpc) is 1.44. The number of nitro groups is 2. The number of non-ortho nitro benzene ring substituents is 2. The number of likely N-dealkylation sites (N-methyl/N-ethyl adjacent to an activating group) is 3. The highest BCUT2D eigenvalue weighted by molar-refractivity contribution is 6.22. The van der Waals surface area contributed by atoms with Crippen LogP contribution in [0.2, 0.25) is 0 Å². The fourth-order valence-electron chi connectivity index (χ4n) is 11.4. The number of furan rings is 1. The van der Waals surface area contributed by atoms with E-state index in [4.69, 9.17) is 40.3 Å². The first-order valence-corrected chi connectivity index (χ1v) is 32.2. The number of hydrogen-bond donors (Lipinski definition) is 5. The Morgan fingerprint density at radius 1 is 0.441 bits per heavy atom. The van der Waals surface area contributed by atoms with Gasteiger partial charge < -0.3 is 33.1 Å². The maximum atomic E-state index is 13.5. The maximum Gasteiger partial charge on any atom is 0.349 e. The van der Waals surface area contributed by atoms with Crippen LogP contribution < -0.4 is 72.8 Å². The molecule has 0 aliphatic carbocycles. The van der Waals surface area contributed by atoms with Gasteiger partial charge in [0, 0.05) is 96.6 Å². The summed E-state index contributed by atoms with van der Waals surface area (Å²) in [6.45, 7) is 21.3. The third-order valence-corrected chi connectivity index (χ3v) is 16.3. The summed E-state index contributed by atoms with van der Waals surface area (Å²) in [6.07, 6.45) is 9.79. The van der Waals surface area contributed by atoms with Crippen LogP contribution in [0.4, 0.5) is 39.8 Å². The summed E-state index contributed by atoms with van der Waals surface area (Å²) in [5, 5.41) is 20.1. The number of aromatic nitrogens is 1. The van der Waals surface area contributed by atoms with Gasteiger partial charge in [0.25, 0.3) is 22.5 Å². The van der Waals surface area contributed by atoms with Crippen molar-refractivity contribution in [3.05, 3.63) is 321 Å². The first-order chi connectivity index (χ1) is 48.7. The van der Waals surface area contributed by atoms with Crippen LogP contribution >= 0.6 is 11.6 Å². The Bertz CT molecular complexity index is 5430. The number of nitrogens with zero attached hydrogens (tertiary/aromatic N) is 6. The third kappa shape index (κ3) is 17.4. The van der Waals surface area contributed by atoms with Crippen LogP contribution in [0.3, 0.4) is 0 Å². The first kappa shape index (κ1) is 77.0. The zero-order valence-electron chi connectivity index (χ0n) is 56.6. The van der Waals surface area contributed by atoms with Gasteiger partial charge in [-0.15, -0.1) is 37.9 Å². The molecular weight excluding hydrogens is 1320 g/mol. The average molecular weight is 1400 g/mol. The second-order valence-corrected chi connectivity index (χ2v) is 23.9.